The molecule has 0 spiro atoms. The third kappa shape index (κ3) is 6.16. The van der Waals surface area contributed by atoms with Crippen molar-refractivity contribution in [2.45, 2.75) is 18.4 Å². The molecule has 0 saturated carbocycles. The summed E-state index contributed by atoms with van der Waals surface area (Å²) >= 11 is 0. The zero-order valence-corrected chi connectivity index (χ0v) is 20.9. The highest BCUT2D eigenvalue weighted by atomic mass is 32.2. The van der Waals surface area contributed by atoms with Gasteiger partial charge in [-0.15, -0.1) is 0 Å². The molecule has 0 aliphatic carbocycles. The van der Waals surface area contributed by atoms with Crippen LogP contribution in [0.4, 0.5) is 17.5 Å². The van der Waals surface area contributed by atoms with E-state index in [-0.39, 0.29) is 0 Å². The number of benzene rings is 3. The lowest BCUT2D eigenvalue weighted by Crippen LogP contribution is -2.19. The van der Waals surface area contributed by atoms with Gasteiger partial charge in [0.25, 0.3) is 0 Å². The summed E-state index contributed by atoms with van der Waals surface area (Å²) in [7, 11) is -0.820. The van der Waals surface area contributed by atoms with Gasteiger partial charge >= 0.3 is 0 Å². The molecule has 0 fully saturated rings. The number of rotatable bonds is 9. The topological polar surface area (TPSA) is 91.2 Å². The summed E-state index contributed by atoms with van der Waals surface area (Å²) in [6, 6.07) is 25.1. The Labute approximate surface area is 206 Å². The fourth-order valence-corrected chi connectivity index (χ4v) is 4.39. The maximum absolute atomic E-state index is 12.2. The van der Waals surface area contributed by atoms with Crippen molar-refractivity contribution in [1.82, 2.24) is 9.97 Å². The second-order valence-electron chi connectivity index (χ2n) is 8.23. The molecule has 1 aromatic heterocycles. The molecule has 7 nitrogen and oxygen atoms in total. The monoisotopic (exact) mass is 487 g/mol. The Morgan fingerprint density at radius 1 is 1.03 bits per heavy atom. The molecule has 0 saturated heterocycles. The predicted octanol–water partition coefficient (Wildman–Crippen LogP) is 5.96. The predicted molar refractivity (Wildman–Crippen MR) is 142 cm³/mol. The van der Waals surface area contributed by atoms with Gasteiger partial charge in [-0.1, -0.05) is 48.5 Å². The lowest BCUT2D eigenvalue weighted by Gasteiger charge is -2.22. The quantitative estimate of drug-likeness (QED) is 0.303. The summed E-state index contributed by atoms with van der Waals surface area (Å²) in [5.74, 6) is 2.00. The molecule has 0 aliphatic heterocycles. The highest BCUT2D eigenvalue weighted by molar-refractivity contribution is 7.91. The van der Waals surface area contributed by atoms with E-state index in [0.29, 0.717) is 29.7 Å². The molecule has 1 unspecified atom stereocenters. The van der Waals surface area contributed by atoms with Crippen molar-refractivity contribution in [3.8, 4) is 16.9 Å². The van der Waals surface area contributed by atoms with Crippen LogP contribution in [0.25, 0.3) is 11.1 Å². The Morgan fingerprint density at radius 3 is 2.46 bits per heavy atom. The van der Waals surface area contributed by atoms with Crippen molar-refractivity contribution in [3.63, 3.8) is 0 Å². The van der Waals surface area contributed by atoms with E-state index in [9.17, 15) is 4.21 Å². The summed E-state index contributed by atoms with van der Waals surface area (Å²) in [6.45, 7) is 3.25. The van der Waals surface area contributed by atoms with Gasteiger partial charge in [-0.25, -0.2) is 14.0 Å². The molecule has 180 valence electrons. The van der Waals surface area contributed by atoms with Crippen molar-refractivity contribution in [3.05, 3.63) is 90.6 Å². The van der Waals surface area contributed by atoms with Crippen molar-refractivity contribution in [2.24, 2.45) is 0 Å². The maximum atomic E-state index is 12.2. The Kier molecular flexibility index (Phi) is 7.31. The van der Waals surface area contributed by atoms with Crippen molar-refractivity contribution in [2.75, 3.05) is 30.1 Å². The lowest BCUT2D eigenvalue weighted by atomic mass is 10.1. The van der Waals surface area contributed by atoms with Gasteiger partial charge < -0.3 is 15.0 Å². The van der Waals surface area contributed by atoms with Crippen LogP contribution < -0.4 is 15.0 Å². The third-order valence-corrected chi connectivity index (χ3v) is 6.56. The second-order valence-corrected chi connectivity index (χ2v) is 10.4. The Balaban J connectivity index is 1.70. The molecule has 8 heteroatoms. The molecule has 0 aliphatic rings. The van der Waals surface area contributed by atoms with Gasteiger partial charge in [0.05, 0.1) is 16.3 Å². The first-order valence-corrected chi connectivity index (χ1v) is 13.3. The van der Waals surface area contributed by atoms with Crippen LogP contribution in [0.2, 0.25) is 0 Å². The minimum absolute atomic E-state index is 0.416. The largest absolute Gasteiger partial charge is 0.494 e. The summed E-state index contributed by atoms with van der Waals surface area (Å²) in [5.41, 5.74) is 3.72. The number of nitrogens with zero attached hydrogens (tertiary/aromatic N) is 3. The van der Waals surface area contributed by atoms with E-state index in [1.54, 1.807) is 24.4 Å². The van der Waals surface area contributed by atoms with E-state index in [4.69, 9.17) is 14.5 Å². The molecule has 2 N–H and O–H groups in total. The number of ether oxygens (including phenoxy) is 1. The molecule has 4 rings (SSSR count). The van der Waals surface area contributed by atoms with Crippen molar-refractivity contribution < 1.29 is 8.95 Å². The highest BCUT2D eigenvalue weighted by Gasteiger charge is 2.15. The standard InChI is InChI=1S/C27H29N5O2S/c1-4-34-23-15-13-21(14-16-23)25-18-29-27(30-22-11-8-12-24(17-22)35(3,28)33)31-26(25)32(2)19-20-9-6-5-7-10-20/h5-18,28H,4,19H2,1-3H3,(H,29,30,31). The van der Waals surface area contributed by atoms with Gasteiger partial charge in [0.2, 0.25) is 5.95 Å². The zero-order chi connectivity index (χ0) is 24.8. The van der Waals surface area contributed by atoms with Gasteiger partial charge in [0.15, 0.2) is 0 Å². The molecule has 0 amide bonds. The highest BCUT2D eigenvalue weighted by Crippen LogP contribution is 2.32. The molecular formula is C27H29N5O2S. The summed E-state index contributed by atoms with van der Waals surface area (Å²) in [4.78, 5) is 11.9. The van der Waals surface area contributed by atoms with Crippen LogP contribution in [-0.2, 0) is 16.3 Å². The van der Waals surface area contributed by atoms with E-state index >= 15 is 0 Å². The SMILES string of the molecule is CCOc1ccc(-c2cnc(Nc3cccc(S(C)(=N)=O)c3)nc2N(C)Cc2ccccc2)cc1. The molecule has 1 heterocycles. The number of anilines is 3. The lowest BCUT2D eigenvalue weighted by molar-refractivity contribution is 0.340. The first-order chi connectivity index (χ1) is 16.8. The Bertz CT molecular complexity index is 1390. The van der Waals surface area contributed by atoms with E-state index in [0.717, 1.165) is 22.7 Å². The minimum Gasteiger partial charge on any atom is -0.494 e. The Hall–Kier alpha value is -3.91. The summed E-state index contributed by atoms with van der Waals surface area (Å²) in [5, 5.41) is 3.20. The van der Waals surface area contributed by atoms with E-state index in [1.807, 2.05) is 62.5 Å². The maximum Gasteiger partial charge on any atom is 0.229 e. The molecule has 35 heavy (non-hydrogen) atoms. The van der Waals surface area contributed by atoms with E-state index < -0.39 is 9.73 Å². The zero-order valence-electron chi connectivity index (χ0n) is 20.1. The third-order valence-electron chi connectivity index (χ3n) is 5.41. The molecule has 4 aromatic rings. The summed E-state index contributed by atoms with van der Waals surface area (Å²) < 4.78 is 25.6. The molecule has 0 bridgehead atoms. The number of nitrogens with one attached hydrogen (secondary N) is 2. The van der Waals surface area contributed by atoms with Crippen molar-refractivity contribution >= 4 is 27.2 Å². The van der Waals surface area contributed by atoms with Crippen LogP contribution in [0.3, 0.4) is 0 Å². The number of aromatic nitrogens is 2. The molecular weight excluding hydrogens is 458 g/mol. The van der Waals surface area contributed by atoms with Crippen LogP contribution in [-0.4, -0.2) is 34.1 Å². The fraction of sp³-hybridized carbons (Fsp3) is 0.185. The van der Waals surface area contributed by atoms with Crippen LogP contribution in [0.5, 0.6) is 5.75 Å². The average molecular weight is 488 g/mol. The van der Waals surface area contributed by atoms with Crippen molar-refractivity contribution in [1.29, 1.82) is 4.78 Å². The van der Waals surface area contributed by atoms with Crippen LogP contribution in [0, 0.1) is 4.78 Å². The molecule has 3 aromatic carbocycles. The van der Waals surface area contributed by atoms with Gasteiger partial charge in [-0.2, -0.15) is 4.98 Å². The normalized spacial score (nSPS) is 12.5. The first-order valence-electron chi connectivity index (χ1n) is 11.3. The van der Waals surface area contributed by atoms with Gasteiger partial charge in [-0.05, 0) is 48.4 Å². The van der Waals surface area contributed by atoms with E-state index in [2.05, 4.69) is 27.3 Å². The fourth-order valence-electron chi connectivity index (χ4n) is 3.70. The van der Waals surface area contributed by atoms with Gasteiger partial charge in [0, 0.05) is 42.2 Å². The number of hydrogen-bond acceptors (Lipinski definition) is 7. The minimum atomic E-state index is -2.82. The second kappa shape index (κ2) is 10.6. The molecule has 0 radical (unpaired) electrons. The van der Waals surface area contributed by atoms with E-state index in [1.165, 1.54) is 11.8 Å². The average Bonchev–Trinajstić information content (AvgIpc) is 2.85. The van der Waals surface area contributed by atoms with Gasteiger partial charge in [-0.3, -0.25) is 0 Å². The van der Waals surface area contributed by atoms with Crippen LogP contribution >= 0.6 is 0 Å². The Morgan fingerprint density at radius 2 is 1.77 bits per heavy atom. The van der Waals surface area contributed by atoms with Gasteiger partial charge in [0.1, 0.15) is 11.6 Å². The smallest absolute Gasteiger partial charge is 0.229 e. The summed E-state index contributed by atoms with van der Waals surface area (Å²) in [6.07, 6.45) is 3.21. The number of hydrogen-bond donors (Lipinski definition) is 2. The first kappa shape index (κ1) is 24.2. The van der Waals surface area contributed by atoms with Crippen LogP contribution in [0.15, 0.2) is 90.0 Å². The van der Waals surface area contributed by atoms with Crippen LogP contribution in [0.1, 0.15) is 12.5 Å². The molecule has 1 atom stereocenters.